The number of esters is 1. The van der Waals surface area contributed by atoms with Crippen molar-refractivity contribution in [3.63, 3.8) is 0 Å². The molecule has 1 atom stereocenters. The molecule has 0 fully saturated rings. The van der Waals surface area contributed by atoms with Gasteiger partial charge in [0.1, 0.15) is 10.3 Å². The first kappa shape index (κ1) is 19.3. The van der Waals surface area contributed by atoms with Crippen molar-refractivity contribution in [3.05, 3.63) is 40.4 Å². The molecule has 0 saturated heterocycles. The van der Waals surface area contributed by atoms with Gasteiger partial charge in [-0.2, -0.15) is 13.2 Å². The normalized spacial score (nSPS) is 18.3. The van der Waals surface area contributed by atoms with Crippen LogP contribution in [-0.2, 0) is 15.7 Å². The number of carbonyl (C=O) groups is 1. The fraction of sp³-hybridized carbons (Fsp3) is 0.375. The molecule has 136 valence electrons. The Balaban J connectivity index is 2.15. The van der Waals surface area contributed by atoms with Gasteiger partial charge < -0.3 is 14.7 Å². The van der Waals surface area contributed by atoms with Crippen LogP contribution in [0.3, 0.4) is 0 Å². The van der Waals surface area contributed by atoms with Gasteiger partial charge in [0.25, 0.3) is 0 Å². The maximum atomic E-state index is 12.6. The van der Waals surface area contributed by atoms with Crippen LogP contribution in [0.5, 0.6) is 0 Å². The van der Waals surface area contributed by atoms with Crippen molar-refractivity contribution in [2.45, 2.75) is 18.5 Å². The summed E-state index contributed by atoms with van der Waals surface area (Å²) in [5.41, 5.74) is 0.283. The fourth-order valence-corrected chi connectivity index (χ4v) is 3.50. The number of thioether (sulfide) groups is 1. The fourth-order valence-electron chi connectivity index (χ4n) is 2.28. The third-order valence-electron chi connectivity index (χ3n) is 3.56. The lowest BCUT2D eigenvalue weighted by Gasteiger charge is -2.23. The number of nitrogens with zero attached hydrogens (tertiary/aromatic N) is 2. The molecule has 1 aliphatic rings. The lowest BCUT2D eigenvalue weighted by atomic mass is 10.2. The van der Waals surface area contributed by atoms with Gasteiger partial charge in [0.2, 0.25) is 0 Å². The monoisotopic (exact) mass is 374 g/mol. The number of hydrogen-bond acceptors (Lipinski definition) is 6. The highest BCUT2D eigenvalue weighted by Crippen LogP contribution is 2.38. The summed E-state index contributed by atoms with van der Waals surface area (Å²) in [4.78, 5) is 18.2. The van der Waals surface area contributed by atoms with Crippen LogP contribution in [0.1, 0.15) is 12.5 Å². The van der Waals surface area contributed by atoms with Crippen LogP contribution in [0, 0.1) is 0 Å². The summed E-state index contributed by atoms with van der Waals surface area (Å²) in [7, 11) is 1.28. The number of allylic oxidation sites excluding steroid dienone is 1. The van der Waals surface area contributed by atoms with E-state index in [0.717, 1.165) is 12.1 Å². The van der Waals surface area contributed by atoms with Crippen molar-refractivity contribution in [1.29, 1.82) is 0 Å². The Morgan fingerprint density at radius 1 is 1.40 bits per heavy atom. The second-order valence-corrected chi connectivity index (χ2v) is 6.28. The van der Waals surface area contributed by atoms with Gasteiger partial charge in [-0.1, -0.05) is 11.8 Å². The van der Waals surface area contributed by atoms with Crippen molar-refractivity contribution >= 4 is 29.6 Å². The van der Waals surface area contributed by atoms with Gasteiger partial charge in [0, 0.05) is 18.5 Å². The highest BCUT2D eigenvalue weighted by Gasteiger charge is 2.33. The van der Waals surface area contributed by atoms with E-state index >= 15 is 0 Å². The van der Waals surface area contributed by atoms with Crippen molar-refractivity contribution in [2.24, 2.45) is 4.99 Å². The Kier molecular flexibility index (Phi) is 6.12. The van der Waals surface area contributed by atoms with Gasteiger partial charge >= 0.3 is 12.1 Å². The average molecular weight is 374 g/mol. The molecule has 1 aromatic rings. The van der Waals surface area contributed by atoms with Gasteiger partial charge in [-0.3, -0.25) is 4.99 Å². The number of alkyl halides is 3. The maximum Gasteiger partial charge on any atom is 0.416 e. The number of aliphatic hydroxyl groups excluding tert-OH is 1. The number of benzene rings is 1. The second-order valence-electron chi connectivity index (χ2n) is 5.15. The molecule has 0 bridgehead atoms. The molecule has 1 aliphatic heterocycles. The highest BCUT2D eigenvalue weighted by atomic mass is 32.2. The number of halogens is 3. The lowest BCUT2D eigenvalue weighted by Crippen LogP contribution is -2.31. The van der Waals surface area contributed by atoms with Gasteiger partial charge in [0.05, 0.1) is 25.0 Å². The summed E-state index contributed by atoms with van der Waals surface area (Å²) in [6.45, 7) is 1.92. The number of carbonyl (C=O) groups excluding carboxylic acids is 1. The summed E-state index contributed by atoms with van der Waals surface area (Å²) in [5.74, 6) is -0.476. The van der Waals surface area contributed by atoms with Crippen molar-refractivity contribution in [2.75, 3.05) is 20.3 Å². The zero-order chi connectivity index (χ0) is 18.6. The molecule has 2 rings (SSSR count). The van der Waals surface area contributed by atoms with E-state index in [1.807, 2.05) is 0 Å². The number of aliphatic hydroxyl groups is 1. The maximum absolute atomic E-state index is 12.6. The Morgan fingerprint density at radius 3 is 2.56 bits per heavy atom. The molecule has 25 heavy (non-hydrogen) atoms. The summed E-state index contributed by atoms with van der Waals surface area (Å²) in [6, 6.07) is 4.47. The molecule has 5 nitrogen and oxygen atoms in total. The number of aliphatic imine (C=N–C) groups is 1. The van der Waals surface area contributed by atoms with Crippen molar-refractivity contribution < 1.29 is 27.8 Å². The molecular formula is C16H17F3N2O3S. The van der Waals surface area contributed by atoms with Crippen LogP contribution >= 0.6 is 11.8 Å². The van der Waals surface area contributed by atoms with E-state index < -0.39 is 17.7 Å². The SMILES string of the molecule is COC(=O)C1=C(C)N(CCO)C(C=Nc2ccc(C(F)(F)F)cc2)S1. The standard InChI is InChI=1S/C16H17F3N2O3S/c1-10-14(15(23)24-2)25-13(21(10)7-8-22)9-20-12-5-3-11(4-6-12)16(17,18)19/h3-6,9,13,22H,7-8H2,1-2H3. The zero-order valence-electron chi connectivity index (χ0n) is 13.6. The van der Waals surface area contributed by atoms with Crippen LogP contribution in [-0.4, -0.2) is 47.8 Å². The molecule has 0 amide bonds. The molecule has 0 saturated carbocycles. The molecule has 9 heteroatoms. The topological polar surface area (TPSA) is 62.1 Å². The van der Waals surface area contributed by atoms with E-state index in [0.29, 0.717) is 22.8 Å². The molecule has 0 spiro atoms. The Bertz CT molecular complexity index is 687. The molecule has 0 aromatic heterocycles. The predicted molar refractivity (Wildman–Crippen MR) is 89.5 cm³/mol. The molecule has 1 unspecified atom stereocenters. The van der Waals surface area contributed by atoms with Crippen molar-refractivity contribution in [3.8, 4) is 0 Å². The van der Waals surface area contributed by atoms with Crippen LogP contribution < -0.4 is 0 Å². The second kappa shape index (κ2) is 7.92. The summed E-state index contributed by atoms with van der Waals surface area (Å²) < 4.78 is 42.4. The number of hydrogen-bond donors (Lipinski definition) is 1. The minimum absolute atomic E-state index is 0.114. The number of rotatable bonds is 5. The summed E-state index contributed by atoms with van der Waals surface area (Å²) >= 11 is 1.22. The lowest BCUT2D eigenvalue weighted by molar-refractivity contribution is -0.137. The molecule has 0 radical (unpaired) electrons. The first-order valence-electron chi connectivity index (χ1n) is 7.32. The van der Waals surface area contributed by atoms with Gasteiger partial charge in [0.15, 0.2) is 0 Å². The van der Waals surface area contributed by atoms with Crippen LogP contribution in [0.4, 0.5) is 18.9 Å². The van der Waals surface area contributed by atoms with Crippen LogP contribution in [0.2, 0.25) is 0 Å². The minimum atomic E-state index is -4.39. The predicted octanol–water partition coefficient (Wildman–Crippen LogP) is 3.18. The molecule has 1 heterocycles. The number of ether oxygens (including phenoxy) is 1. The number of methoxy groups -OCH3 is 1. The Morgan fingerprint density at radius 2 is 2.04 bits per heavy atom. The van der Waals surface area contributed by atoms with E-state index in [4.69, 9.17) is 4.74 Å². The highest BCUT2D eigenvalue weighted by molar-refractivity contribution is 8.05. The number of β-amino-alcohol motifs (C(OH)–C–C–N with tert-alkyl or cyclic N) is 1. The summed E-state index contributed by atoms with van der Waals surface area (Å²) in [5, 5.41) is 8.84. The van der Waals surface area contributed by atoms with Gasteiger partial charge in [-0.25, -0.2) is 4.79 Å². The summed E-state index contributed by atoms with van der Waals surface area (Å²) in [6.07, 6.45) is -2.86. The Labute approximate surface area is 147 Å². The van der Waals surface area contributed by atoms with Crippen LogP contribution in [0.15, 0.2) is 39.9 Å². The van der Waals surface area contributed by atoms with E-state index in [-0.39, 0.29) is 12.0 Å². The van der Waals surface area contributed by atoms with Crippen molar-refractivity contribution in [1.82, 2.24) is 4.90 Å². The third kappa shape index (κ3) is 4.55. The third-order valence-corrected chi connectivity index (χ3v) is 4.88. The quantitative estimate of drug-likeness (QED) is 0.634. The average Bonchev–Trinajstić information content (AvgIpc) is 2.89. The smallest absolute Gasteiger partial charge is 0.416 e. The van der Waals surface area contributed by atoms with E-state index in [1.165, 1.54) is 37.2 Å². The van der Waals surface area contributed by atoms with E-state index in [2.05, 4.69) is 4.99 Å². The Hall–Kier alpha value is -2.00. The molecular weight excluding hydrogens is 357 g/mol. The molecule has 1 aromatic carbocycles. The zero-order valence-corrected chi connectivity index (χ0v) is 14.4. The largest absolute Gasteiger partial charge is 0.465 e. The first-order valence-corrected chi connectivity index (χ1v) is 8.20. The van der Waals surface area contributed by atoms with Gasteiger partial charge in [-0.15, -0.1) is 0 Å². The first-order chi connectivity index (χ1) is 11.8. The van der Waals surface area contributed by atoms with Gasteiger partial charge in [-0.05, 0) is 31.2 Å². The minimum Gasteiger partial charge on any atom is -0.465 e. The molecule has 1 N–H and O–H groups in total. The van der Waals surface area contributed by atoms with E-state index in [9.17, 15) is 23.1 Å². The van der Waals surface area contributed by atoms with Crippen LogP contribution in [0.25, 0.3) is 0 Å². The van der Waals surface area contributed by atoms with E-state index in [1.54, 1.807) is 11.8 Å². The molecule has 0 aliphatic carbocycles.